The third-order valence-electron chi connectivity index (χ3n) is 6.99. The molecule has 2 aromatic rings. The van der Waals surface area contributed by atoms with Gasteiger partial charge in [0.2, 0.25) is 0 Å². The number of piperidine rings is 1. The Hall–Kier alpha value is -1.91. The number of hydrogen-bond donors (Lipinski definition) is 1. The van der Waals surface area contributed by atoms with E-state index in [1.807, 2.05) is 12.4 Å². The minimum absolute atomic E-state index is 0.122. The highest BCUT2D eigenvalue weighted by atomic mass is 35.5. The Bertz CT molecular complexity index is 906. The van der Waals surface area contributed by atoms with E-state index in [0.717, 1.165) is 43.5 Å². The Balaban J connectivity index is 1.52. The fourth-order valence-corrected chi connectivity index (χ4v) is 5.60. The monoisotopic (exact) mass is 409 g/mol. The second-order valence-electron chi connectivity index (χ2n) is 8.84. The minimum Gasteiger partial charge on any atom is -0.329 e. The summed E-state index contributed by atoms with van der Waals surface area (Å²) in [5.41, 5.74) is 4.46. The third kappa shape index (κ3) is 3.57. The van der Waals surface area contributed by atoms with Crippen LogP contribution in [0.1, 0.15) is 71.6 Å². The smallest absolute Gasteiger partial charge is 0.256 e. The molecule has 5 rings (SSSR count). The van der Waals surface area contributed by atoms with Gasteiger partial charge in [-0.1, -0.05) is 17.7 Å². The Morgan fingerprint density at radius 1 is 1.17 bits per heavy atom. The lowest BCUT2D eigenvalue weighted by molar-refractivity contribution is 0.0723. The summed E-state index contributed by atoms with van der Waals surface area (Å²) in [7, 11) is 0. The van der Waals surface area contributed by atoms with Gasteiger partial charge in [0.1, 0.15) is 0 Å². The highest BCUT2D eigenvalue weighted by Crippen LogP contribution is 2.46. The average Bonchev–Trinajstić information content (AvgIpc) is 3.54. The SMILES string of the molecule is CC1c2cc(C(Cc3ccncc3)C3CCNCC3)cc(Cl)c2C(=O)N1C1CC1. The van der Waals surface area contributed by atoms with Crippen LogP contribution in [0.5, 0.6) is 0 Å². The number of nitrogens with one attached hydrogen (secondary N) is 1. The van der Waals surface area contributed by atoms with Gasteiger partial charge >= 0.3 is 0 Å². The van der Waals surface area contributed by atoms with E-state index in [1.165, 1.54) is 24.0 Å². The molecule has 2 fully saturated rings. The van der Waals surface area contributed by atoms with E-state index >= 15 is 0 Å². The van der Waals surface area contributed by atoms with Gasteiger partial charge < -0.3 is 10.2 Å². The van der Waals surface area contributed by atoms with Crippen LogP contribution < -0.4 is 5.32 Å². The third-order valence-corrected chi connectivity index (χ3v) is 7.28. The van der Waals surface area contributed by atoms with Crippen LogP contribution in [0.2, 0.25) is 5.02 Å². The fraction of sp³-hybridized carbons (Fsp3) is 0.500. The molecule has 0 spiro atoms. The number of fused-ring (bicyclic) bond motifs is 1. The van der Waals surface area contributed by atoms with Crippen molar-refractivity contribution in [3.8, 4) is 0 Å². The maximum Gasteiger partial charge on any atom is 0.256 e. The van der Waals surface area contributed by atoms with Gasteiger partial charge in [0.05, 0.1) is 16.6 Å². The van der Waals surface area contributed by atoms with Crippen molar-refractivity contribution in [2.24, 2.45) is 5.92 Å². The first-order chi connectivity index (χ1) is 14.1. The fourth-order valence-electron chi connectivity index (χ4n) is 5.28. The molecule has 4 nitrogen and oxygen atoms in total. The Morgan fingerprint density at radius 2 is 1.90 bits per heavy atom. The van der Waals surface area contributed by atoms with Crippen molar-refractivity contribution in [2.45, 2.75) is 57.0 Å². The number of hydrogen-bond acceptors (Lipinski definition) is 3. The molecule has 2 atom stereocenters. The summed E-state index contributed by atoms with van der Waals surface area (Å²) < 4.78 is 0. The summed E-state index contributed by atoms with van der Waals surface area (Å²) in [5, 5.41) is 4.12. The van der Waals surface area contributed by atoms with Crippen LogP contribution in [-0.2, 0) is 6.42 Å². The highest BCUT2D eigenvalue weighted by molar-refractivity contribution is 6.34. The zero-order chi connectivity index (χ0) is 20.0. The van der Waals surface area contributed by atoms with E-state index in [4.69, 9.17) is 11.6 Å². The van der Waals surface area contributed by atoms with Crippen molar-refractivity contribution in [3.05, 3.63) is 63.9 Å². The number of carbonyl (C=O) groups excluding carboxylic acids is 1. The molecule has 2 aliphatic heterocycles. The second kappa shape index (κ2) is 7.73. The molecule has 3 aliphatic rings. The number of nitrogens with zero attached hydrogens (tertiary/aromatic N) is 2. The van der Waals surface area contributed by atoms with Crippen molar-refractivity contribution in [3.63, 3.8) is 0 Å². The van der Waals surface area contributed by atoms with Gasteiger partial charge in [-0.25, -0.2) is 0 Å². The van der Waals surface area contributed by atoms with E-state index in [2.05, 4.69) is 46.4 Å². The maximum atomic E-state index is 13.0. The molecule has 0 bridgehead atoms. The number of rotatable bonds is 5. The molecule has 1 aromatic carbocycles. The lowest BCUT2D eigenvalue weighted by atomic mass is 9.76. The predicted molar refractivity (Wildman–Crippen MR) is 115 cm³/mol. The molecular formula is C24H28ClN3O. The summed E-state index contributed by atoms with van der Waals surface area (Å²) in [6.45, 7) is 4.30. The summed E-state index contributed by atoms with van der Waals surface area (Å²) >= 11 is 6.74. The van der Waals surface area contributed by atoms with Gasteiger partial charge in [-0.3, -0.25) is 9.78 Å². The van der Waals surface area contributed by atoms with Crippen LogP contribution in [0.3, 0.4) is 0 Å². The van der Waals surface area contributed by atoms with Crippen molar-refractivity contribution in [1.29, 1.82) is 0 Å². The Labute approximate surface area is 177 Å². The van der Waals surface area contributed by atoms with Crippen molar-refractivity contribution >= 4 is 17.5 Å². The molecule has 29 heavy (non-hydrogen) atoms. The van der Waals surface area contributed by atoms with E-state index in [-0.39, 0.29) is 11.9 Å². The normalized spacial score (nSPS) is 23.3. The first kappa shape index (κ1) is 19.1. The van der Waals surface area contributed by atoms with Gasteiger partial charge in [0.15, 0.2) is 0 Å². The number of amides is 1. The summed E-state index contributed by atoms with van der Waals surface area (Å²) in [4.78, 5) is 19.2. The van der Waals surface area contributed by atoms with Gasteiger partial charge in [0.25, 0.3) is 5.91 Å². The minimum atomic E-state index is 0.122. The topological polar surface area (TPSA) is 45.2 Å². The molecule has 3 heterocycles. The number of aromatic nitrogens is 1. The number of halogens is 1. The first-order valence-electron chi connectivity index (χ1n) is 10.9. The van der Waals surface area contributed by atoms with E-state index < -0.39 is 0 Å². The molecule has 1 saturated carbocycles. The summed E-state index contributed by atoms with van der Waals surface area (Å²) in [6.07, 6.45) is 9.32. The lowest BCUT2D eigenvalue weighted by Crippen LogP contribution is -2.31. The molecule has 1 aromatic heterocycles. The van der Waals surface area contributed by atoms with Gasteiger partial charge in [0, 0.05) is 18.4 Å². The number of carbonyl (C=O) groups is 1. The second-order valence-corrected chi connectivity index (χ2v) is 9.25. The number of pyridine rings is 1. The van der Waals surface area contributed by atoms with Gasteiger partial charge in [-0.05, 0) is 98.8 Å². The molecule has 1 N–H and O–H groups in total. The van der Waals surface area contributed by atoms with Gasteiger partial charge in [-0.2, -0.15) is 0 Å². The predicted octanol–water partition coefficient (Wildman–Crippen LogP) is 4.74. The summed E-state index contributed by atoms with van der Waals surface area (Å²) in [5.74, 6) is 1.14. The van der Waals surface area contributed by atoms with Crippen molar-refractivity contribution in [1.82, 2.24) is 15.2 Å². The van der Waals surface area contributed by atoms with E-state index in [0.29, 0.717) is 22.9 Å². The average molecular weight is 410 g/mol. The molecule has 0 radical (unpaired) electrons. The van der Waals surface area contributed by atoms with Crippen LogP contribution in [0.25, 0.3) is 0 Å². The summed E-state index contributed by atoms with van der Waals surface area (Å²) in [6, 6.07) is 9.13. The molecular weight excluding hydrogens is 382 g/mol. The molecule has 2 unspecified atom stereocenters. The highest BCUT2D eigenvalue weighted by Gasteiger charge is 2.44. The van der Waals surface area contributed by atoms with E-state index in [9.17, 15) is 4.79 Å². The Kier molecular flexibility index (Phi) is 5.09. The van der Waals surface area contributed by atoms with Crippen LogP contribution in [0.15, 0.2) is 36.7 Å². The molecule has 1 amide bonds. The van der Waals surface area contributed by atoms with Crippen LogP contribution in [0.4, 0.5) is 0 Å². The molecule has 1 aliphatic carbocycles. The standard InChI is InChI=1S/C24H28ClN3O/c1-15-20-13-18(14-22(25)23(20)24(29)28(15)19-2-3-19)21(17-6-10-27-11-7-17)12-16-4-8-26-9-5-16/h4-5,8-9,13-15,17,19,21,27H,2-3,6-7,10-12H2,1H3. The van der Waals surface area contributed by atoms with Crippen LogP contribution >= 0.6 is 11.6 Å². The molecule has 5 heteroatoms. The van der Waals surface area contributed by atoms with Crippen molar-refractivity contribution in [2.75, 3.05) is 13.1 Å². The van der Waals surface area contributed by atoms with Gasteiger partial charge in [-0.15, -0.1) is 0 Å². The quantitative estimate of drug-likeness (QED) is 0.775. The first-order valence-corrected chi connectivity index (χ1v) is 11.3. The van der Waals surface area contributed by atoms with Crippen molar-refractivity contribution < 1.29 is 4.79 Å². The largest absolute Gasteiger partial charge is 0.329 e. The molecule has 152 valence electrons. The van der Waals surface area contributed by atoms with E-state index in [1.54, 1.807) is 0 Å². The zero-order valence-electron chi connectivity index (χ0n) is 16.9. The molecule has 1 saturated heterocycles. The maximum absolute atomic E-state index is 13.0. The van der Waals surface area contributed by atoms with Crippen LogP contribution in [-0.4, -0.2) is 34.9 Å². The zero-order valence-corrected chi connectivity index (χ0v) is 17.7. The Morgan fingerprint density at radius 3 is 2.59 bits per heavy atom. The van der Waals surface area contributed by atoms with Crippen LogP contribution in [0, 0.1) is 5.92 Å². The number of benzene rings is 1. The lowest BCUT2D eigenvalue weighted by Gasteiger charge is -2.32.